The van der Waals surface area contributed by atoms with E-state index in [4.69, 9.17) is 14.2 Å². The summed E-state index contributed by atoms with van der Waals surface area (Å²) >= 11 is 0. The topological polar surface area (TPSA) is 101 Å². The highest BCUT2D eigenvalue weighted by molar-refractivity contribution is 5.95. The van der Waals surface area contributed by atoms with Gasteiger partial charge in [-0.2, -0.15) is 0 Å². The van der Waals surface area contributed by atoms with E-state index in [0.29, 0.717) is 44.3 Å². The number of amides is 1. The smallest absolute Gasteiger partial charge is 0.251 e. The van der Waals surface area contributed by atoms with E-state index in [1.807, 2.05) is 42.5 Å². The predicted molar refractivity (Wildman–Crippen MR) is 171 cm³/mol. The third-order valence-corrected chi connectivity index (χ3v) is 8.92. The van der Waals surface area contributed by atoms with Crippen molar-refractivity contribution in [2.75, 3.05) is 38.2 Å². The van der Waals surface area contributed by atoms with Crippen LogP contribution in [0.4, 0.5) is 5.69 Å². The number of carbonyl (C=O) groups is 1. The van der Waals surface area contributed by atoms with Crippen LogP contribution in [0.3, 0.4) is 0 Å². The van der Waals surface area contributed by atoms with Crippen LogP contribution in [0.25, 0.3) is 0 Å². The summed E-state index contributed by atoms with van der Waals surface area (Å²) in [6.07, 6.45) is 2.99. The lowest BCUT2D eigenvalue weighted by molar-refractivity contribution is -0.0441. The molecule has 6 rings (SSSR count). The first kappa shape index (κ1) is 30.6. The highest BCUT2D eigenvalue weighted by atomic mass is 16.7. The van der Waals surface area contributed by atoms with Gasteiger partial charge in [-0.15, -0.1) is 0 Å². The van der Waals surface area contributed by atoms with Gasteiger partial charge >= 0.3 is 0 Å². The van der Waals surface area contributed by atoms with E-state index in [9.17, 15) is 9.90 Å². The fourth-order valence-electron chi connectivity index (χ4n) is 6.10. The summed E-state index contributed by atoms with van der Waals surface area (Å²) < 4.78 is 17.6. The Morgan fingerprint density at radius 2 is 1.80 bits per heavy atom. The molecule has 0 radical (unpaired) electrons. The summed E-state index contributed by atoms with van der Waals surface area (Å²) in [5.41, 5.74) is 5.56. The Morgan fingerprint density at radius 3 is 2.59 bits per heavy atom. The van der Waals surface area contributed by atoms with Crippen molar-refractivity contribution in [1.82, 2.24) is 10.6 Å². The van der Waals surface area contributed by atoms with E-state index < -0.39 is 18.4 Å². The summed E-state index contributed by atoms with van der Waals surface area (Å²) in [6.45, 7) is 7.17. The molecular weight excluding hydrogens is 554 g/mol. The second-order valence-electron chi connectivity index (χ2n) is 12.6. The van der Waals surface area contributed by atoms with E-state index >= 15 is 0 Å². The van der Waals surface area contributed by atoms with Crippen molar-refractivity contribution in [3.05, 3.63) is 94.5 Å². The van der Waals surface area contributed by atoms with Gasteiger partial charge in [0.1, 0.15) is 5.75 Å². The minimum absolute atomic E-state index is 0.141. The number of aliphatic hydroxyl groups is 1. The van der Waals surface area contributed by atoms with Gasteiger partial charge in [0.2, 0.25) is 0 Å². The highest BCUT2D eigenvalue weighted by Crippen LogP contribution is 2.46. The van der Waals surface area contributed by atoms with Crippen molar-refractivity contribution >= 4 is 11.6 Å². The van der Waals surface area contributed by atoms with Gasteiger partial charge < -0.3 is 35.3 Å². The van der Waals surface area contributed by atoms with Crippen molar-refractivity contribution < 1.29 is 24.1 Å². The van der Waals surface area contributed by atoms with Gasteiger partial charge in [0.15, 0.2) is 6.29 Å². The van der Waals surface area contributed by atoms with Crippen LogP contribution in [-0.4, -0.2) is 56.1 Å². The molecular formula is C36H45N3O5. The maximum atomic E-state index is 13.8. The molecule has 0 spiro atoms. The van der Waals surface area contributed by atoms with Crippen LogP contribution in [0.15, 0.2) is 66.7 Å². The molecule has 1 saturated heterocycles. The van der Waals surface area contributed by atoms with Crippen LogP contribution < -0.4 is 20.7 Å². The van der Waals surface area contributed by atoms with Crippen LogP contribution >= 0.6 is 0 Å². The van der Waals surface area contributed by atoms with Gasteiger partial charge in [-0.1, -0.05) is 50.2 Å². The number of hydrogen-bond donors (Lipinski definition) is 4. The largest absolute Gasteiger partial charge is 0.494 e. The first-order valence-corrected chi connectivity index (χ1v) is 16.1. The summed E-state index contributed by atoms with van der Waals surface area (Å²) in [5, 5.41) is 21.9. The highest BCUT2D eigenvalue weighted by Gasteiger charge is 2.44. The molecule has 0 unspecified atom stereocenters. The molecule has 44 heavy (non-hydrogen) atoms. The van der Waals surface area contributed by atoms with Gasteiger partial charge in [0.05, 0.1) is 32.0 Å². The van der Waals surface area contributed by atoms with E-state index in [-0.39, 0.29) is 11.4 Å². The standard InChI is InChI=1S/C36H45N3O5/c1-24(2)26-8-6-9-29(20-26)36(11-12-36)38-23-33(40)32-18-25-7-5-10-31(17-25)42-14-4-3-13-37-30-21-27(34(41)39-32)19-28(22-30)35-43-15-16-44-35/h5-10,17,19-22,24,32-33,35,37-38,40H,3-4,11-16,18,23H2,1-2H3,(H,39,41)/t32-,33+/m0/s1. The minimum Gasteiger partial charge on any atom is -0.494 e. The fraction of sp³-hybridized carbons (Fsp3) is 0.472. The second-order valence-corrected chi connectivity index (χ2v) is 12.6. The van der Waals surface area contributed by atoms with E-state index in [1.54, 1.807) is 0 Å². The normalized spacial score (nSPS) is 21.3. The lowest BCUT2D eigenvalue weighted by Gasteiger charge is -2.28. The molecule has 2 atom stereocenters. The number of ether oxygens (including phenoxy) is 3. The predicted octanol–water partition coefficient (Wildman–Crippen LogP) is 5.42. The van der Waals surface area contributed by atoms with Crippen molar-refractivity contribution in [3.63, 3.8) is 0 Å². The van der Waals surface area contributed by atoms with Gasteiger partial charge in [-0.25, -0.2) is 0 Å². The monoisotopic (exact) mass is 599 g/mol. The van der Waals surface area contributed by atoms with Gasteiger partial charge in [0, 0.05) is 35.4 Å². The number of fused-ring (bicyclic) bond motifs is 4. The number of carbonyl (C=O) groups excluding carboxylic acids is 1. The zero-order valence-electron chi connectivity index (χ0n) is 25.8. The molecule has 1 amide bonds. The van der Waals surface area contributed by atoms with E-state index in [1.165, 1.54) is 11.1 Å². The molecule has 3 aliphatic rings. The molecule has 2 aliphatic heterocycles. The quantitative estimate of drug-likeness (QED) is 0.288. The van der Waals surface area contributed by atoms with Crippen LogP contribution in [-0.2, 0) is 21.4 Å². The van der Waals surface area contributed by atoms with Crippen LogP contribution in [0, 0.1) is 0 Å². The SMILES string of the molecule is CC(C)c1cccc(C2(NC[C@@H](O)[C@@H]3Cc4cccc(c4)OCCCCNc4cc(cc(C5OCCO5)c4)C(=O)N3)CC2)c1. The lowest BCUT2D eigenvalue weighted by Crippen LogP contribution is -2.50. The Labute approximate surface area is 260 Å². The van der Waals surface area contributed by atoms with E-state index in [0.717, 1.165) is 54.8 Å². The number of benzene rings is 3. The molecule has 4 bridgehead atoms. The number of hydrogen-bond acceptors (Lipinski definition) is 7. The molecule has 3 aromatic carbocycles. The Morgan fingerprint density at radius 1 is 0.977 bits per heavy atom. The van der Waals surface area contributed by atoms with Crippen molar-refractivity contribution in [2.45, 2.75) is 75.8 Å². The molecule has 234 valence electrons. The van der Waals surface area contributed by atoms with Crippen molar-refractivity contribution in [3.8, 4) is 5.75 Å². The molecule has 8 nitrogen and oxygen atoms in total. The molecule has 3 aromatic rings. The molecule has 1 aliphatic carbocycles. The number of nitrogens with one attached hydrogen (secondary N) is 3. The van der Waals surface area contributed by atoms with Crippen LogP contribution in [0.1, 0.15) is 84.4 Å². The average molecular weight is 600 g/mol. The Hall–Kier alpha value is -3.43. The van der Waals surface area contributed by atoms with Gasteiger partial charge in [-0.05, 0) is 85.0 Å². The summed E-state index contributed by atoms with van der Waals surface area (Å²) in [7, 11) is 0. The Bertz CT molecular complexity index is 1430. The average Bonchev–Trinajstić information content (AvgIpc) is 3.62. The van der Waals surface area contributed by atoms with Crippen LogP contribution in [0.2, 0.25) is 0 Å². The maximum absolute atomic E-state index is 13.8. The number of rotatable bonds is 7. The Kier molecular flexibility index (Phi) is 9.52. The fourth-order valence-corrected chi connectivity index (χ4v) is 6.10. The van der Waals surface area contributed by atoms with Gasteiger partial charge in [-0.3, -0.25) is 4.79 Å². The molecule has 1 saturated carbocycles. The van der Waals surface area contributed by atoms with Gasteiger partial charge in [0.25, 0.3) is 5.91 Å². The Balaban J connectivity index is 1.25. The summed E-state index contributed by atoms with van der Waals surface area (Å²) in [5.74, 6) is 1.00. The molecule has 8 heteroatoms. The van der Waals surface area contributed by atoms with Crippen molar-refractivity contribution in [2.24, 2.45) is 0 Å². The molecule has 2 heterocycles. The zero-order chi connectivity index (χ0) is 30.5. The van der Waals surface area contributed by atoms with Crippen LogP contribution in [0.5, 0.6) is 5.75 Å². The van der Waals surface area contributed by atoms with E-state index in [2.05, 4.69) is 54.1 Å². The number of anilines is 1. The first-order valence-electron chi connectivity index (χ1n) is 16.1. The molecule has 4 N–H and O–H groups in total. The first-order chi connectivity index (χ1) is 21.4. The second kappa shape index (κ2) is 13.7. The third-order valence-electron chi connectivity index (χ3n) is 8.92. The zero-order valence-corrected chi connectivity index (χ0v) is 25.8. The minimum atomic E-state index is -0.824. The maximum Gasteiger partial charge on any atom is 0.251 e. The third kappa shape index (κ3) is 7.44. The summed E-state index contributed by atoms with van der Waals surface area (Å²) in [6, 6.07) is 21.9. The molecule has 0 aromatic heterocycles. The lowest BCUT2D eigenvalue weighted by atomic mass is 9.95. The molecule has 2 fully saturated rings. The number of aliphatic hydroxyl groups excluding tert-OH is 1. The summed E-state index contributed by atoms with van der Waals surface area (Å²) in [4.78, 5) is 13.8. The van der Waals surface area contributed by atoms with Crippen molar-refractivity contribution in [1.29, 1.82) is 0 Å².